The summed E-state index contributed by atoms with van der Waals surface area (Å²) in [6, 6.07) is 7.96. The van der Waals surface area contributed by atoms with Gasteiger partial charge in [0.1, 0.15) is 11.5 Å². The van der Waals surface area contributed by atoms with Crippen molar-refractivity contribution in [3.05, 3.63) is 51.2 Å². The zero-order valence-corrected chi connectivity index (χ0v) is 15.9. The molecule has 1 aliphatic carbocycles. The van der Waals surface area contributed by atoms with E-state index >= 15 is 0 Å². The molecule has 0 spiro atoms. The molecule has 0 unspecified atom stereocenters. The number of carbonyl (C=O) groups excluding carboxylic acids is 1. The Morgan fingerprint density at radius 1 is 1.29 bits per heavy atom. The Morgan fingerprint density at radius 2 is 2.07 bits per heavy atom. The minimum atomic E-state index is -0.517. The monoisotopic (exact) mass is 404 g/mol. The molecule has 1 heterocycles. The number of nitrogens with one attached hydrogen (secondary N) is 2. The van der Waals surface area contributed by atoms with Crippen LogP contribution in [0.5, 0.6) is 0 Å². The maximum Gasteiger partial charge on any atom is 0.281 e. The van der Waals surface area contributed by atoms with E-state index in [9.17, 15) is 14.9 Å². The summed E-state index contributed by atoms with van der Waals surface area (Å²) in [5.41, 5.74) is 2.61. The average molecular weight is 405 g/mol. The minimum absolute atomic E-state index is 0.146. The van der Waals surface area contributed by atoms with Gasteiger partial charge in [0.2, 0.25) is 0 Å². The number of furan rings is 1. The van der Waals surface area contributed by atoms with Gasteiger partial charge in [-0.25, -0.2) is 5.43 Å². The SMILES string of the molecule is O=C(CNC1CCCCC1)N/N=C\c1ccc(-c2ccc(Cl)cc2[N+](=O)[O-])o1. The lowest BCUT2D eigenvalue weighted by atomic mass is 9.95. The third-order valence-corrected chi connectivity index (χ3v) is 4.82. The van der Waals surface area contributed by atoms with E-state index < -0.39 is 4.92 Å². The second-order valence-electron chi connectivity index (χ2n) is 6.63. The summed E-state index contributed by atoms with van der Waals surface area (Å²) in [5, 5.41) is 18.6. The quantitative estimate of drug-likeness (QED) is 0.413. The van der Waals surface area contributed by atoms with E-state index in [4.69, 9.17) is 16.0 Å². The molecule has 8 nitrogen and oxygen atoms in total. The molecule has 1 amide bonds. The third kappa shape index (κ3) is 5.40. The van der Waals surface area contributed by atoms with Crippen LogP contribution in [0.25, 0.3) is 11.3 Å². The van der Waals surface area contributed by atoms with Crippen LogP contribution in [0, 0.1) is 10.1 Å². The molecule has 1 saturated carbocycles. The Balaban J connectivity index is 1.56. The minimum Gasteiger partial charge on any atom is -0.455 e. The van der Waals surface area contributed by atoms with Gasteiger partial charge in [0, 0.05) is 17.1 Å². The molecule has 2 aromatic rings. The average Bonchev–Trinajstić information content (AvgIpc) is 3.16. The molecule has 2 N–H and O–H groups in total. The van der Waals surface area contributed by atoms with Crippen LogP contribution in [-0.2, 0) is 4.79 Å². The van der Waals surface area contributed by atoms with Crippen LogP contribution in [0.1, 0.15) is 37.9 Å². The predicted molar refractivity (Wildman–Crippen MR) is 106 cm³/mol. The first-order valence-electron chi connectivity index (χ1n) is 9.12. The molecule has 9 heteroatoms. The third-order valence-electron chi connectivity index (χ3n) is 4.59. The van der Waals surface area contributed by atoms with Gasteiger partial charge in [-0.1, -0.05) is 30.9 Å². The van der Waals surface area contributed by atoms with E-state index in [1.54, 1.807) is 18.2 Å². The molecule has 1 fully saturated rings. The summed E-state index contributed by atoms with van der Waals surface area (Å²) in [5.74, 6) is 0.442. The van der Waals surface area contributed by atoms with Crippen molar-refractivity contribution in [3.8, 4) is 11.3 Å². The van der Waals surface area contributed by atoms with E-state index in [0.29, 0.717) is 23.1 Å². The maximum atomic E-state index is 11.8. The normalized spacial score (nSPS) is 15.0. The van der Waals surface area contributed by atoms with E-state index in [-0.39, 0.29) is 23.2 Å². The Kier molecular flexibility index (Phi) is 6.78. The standard InChI is InChI=1S/C19H21ClN4O4/c20-13-6-8-16(17(10-13)24(26)27)18-9-7-15(28-18)11-22-23-19(25)12-21-14-4-2-1-3-5-14/h6-11,14,21H,1-5,12H2,(H,23,25)/b22-11-. The molecule has 3 rings (SSSR count). The van der Waals surface area contributed by atoms with Gasteiger partial charge in [0.05, 0.1) is 23.2 Å². The zero-order valence-electron chi connectivity index (χ0n) is 15.2. The highest BCUT2D eigenvalue weighted by Crippen LogP contribution is 2.33. The molecule has 148 valence electrons. The predicted octanol–water partition coefficient (Wildman–Crippen LogP) is 3.88. The molecule has 0 saturated heterocycles. The zero-order chi connectivity index (χ0) is 19.9. The largest absolute Gasteiger partial charge is 0.455 e. The van der Waals surface area contributed by atoms with Crippen molar-refractivity contribution in [2.45, 2.75) is 38.1 Å². The molecule has 0 aliphatic heterocycles. The van der Waals surface area contributed by atoms with Crippen LogP contribution in [0.15, 0.2) is 39.9 Å². The molecule has 0 bridgehead atoms. The van der Waals surface area contributed by atoms with Crippen molar-refractivity contribution >= 4 is 29.4 Å². The fourth-order valence-corrected chi connectivity index (χ4v) is 3.35. The summed E-state index contributed by atoms with van der Waals surface area (Å²) < 4.78 is 5.57. The van der Waals surface area contributed by atoms with Gasteiger partial charge in [-0.3, -0.25) is 14.9 Å². The number of amides is 1. The Morgan fingerprint density at radius 3 is 2.82 bits per heavy atom. The number of hydrogen-bond donors (Lipinski definition) is 2. The maximum absolute atomic E-state index is 11.8. The Bertz CT molecular complexity index is 875. The number of hydrazone groups is 1. The number of nitrogens with zero attached hydrogens (tertiary/aromatic N) is 2. The number of halogens is 1. The molecular formula is C19H21ClN4O4. The number of nitro benzene ring substituents is 1. The first-order chi connectivity index (χ1) is 13.5. The number of benzene rings is 1. The first kappa shape index (κ1) is 20.0. The Labute approximate surface area is 167 Å². The van der Waals surface area contributed by atoms with Gasteiger partial charge in [-0.05, 0) is 37.1 Å². The van der Waals surface area contributed by atoms with Crippen molar-refractivity contribution in [2.75, 3.05) is 6.54 Å². The smallest absolute Gasteiger partial charge is 0.281 e. The molecule has 1 aromatic heterocycles. The molecule has 0 radical (unpaired) electrons. The van der Waals surface area contributed by atoms with Crippen LogP contribution in [0.2, 0.25) is 5.02 Å². The second kappa shape index (κ2) is 9.48. The van der Waals surface area contributed by atoms with Gasteiger partial charge in [-0.15, -0.1) is 0 Å². The Hall–Kier alpha value is -2.71. The number of rotatable bonds is 7. The van der Waals surface area contributed by atoms with Gasteiger partial charge < -0.3 is 9.73 Å². The van der Waals surface area contributed by atoms with Gasteiger partial charge in [0.15, 0.2) is 0 Å². The van der Waals surface area contributed by atoms with Crippen molar-refractivity contribution in [1.82, 2.24) is 10.7 Å². The van der Waals surface area contributed by atoms with E-state index in [1.165, 1.54) is 37.6 Å². The van der Waals surface area contributed by atoms with Crippen LogP contribution in [-0.4, -0.2) is 29.6 Å². The molecule has 1 aromatic carbocycles. The van der Waals surface area contributed by atoms with Gasteiger partial charge >= 0.3 is 0 Å². The highest BCUT2D eigenvalue weighted by Gasteiger charge is 2.18. The lowest BCUT2D eigenvalue weighted by Crippen LogP contribution is -2.38. The summed E-state index contributed by atoms with van der Waals surface area (Å²) in [6.07, 6.45) is 7.21. The molecule has 28 heavy (non-hydrogen) atoms. The fraction of sp³-hybridized carbons (Fsp3) is 0.368. The first-order valence-corrected chi connectivity index (χ1v) is 9.50. The highest BCUT2D eigenvalue weighted by atomic mass is 35.5. The van der Waals surface area contributed by atoms with Gasteiger partial charge in [-0.2, -0.15) is 5.10 Å². The van der Waals surface area contributed by atoms with Gasteiger partial charge in [0.25, 0.3) is 11.6 Å². The second-order valence-corrected chi connectivity index (χ2v) is 7.07. The fourth-order valence-electron chi connectivity index (χ4n) is 3.18. The van der Waals surface area contributed by atoms with E-state index in [2.05, 4.69) is 15.8 Å². The number of carbonyl (C=O) groups is 1. The number of nitro groups is 1. The topological polar surface area (TPSA) is 110 Å². The van der Waals surface area contributed by atoms with Crippen molar-refractivity contribution in [3.63, 3.8) is 0 Å². The number of hydrogen-bond acceptors (Lipinski definition) is 6. The summed E-state index contributed by atoms with van der Waals surface area (Å²) in [6.45, 7) is 0.211. The van der Waals surface area contributed by atoms with Crippen LogP contribution >= 0.6 is 11.6 Å². The summed E-state index contributed by atoms with van der Waals surface area (Å²) >= 11 is 5.83. The van der Waals surface area contributed by atoms with Crippen LogP contribution in [0.3, 0.4) is 0 Å². The summed E-state index contributed by atoms with van der Waals surface area (Å²) in [4.78, 5) is 22.5. The molecule has 1 aliphatic rings. The van der Waals surface area contributed by atoms with Crippen LogP contribution in [0.4, 0.5) is 5.69 Å². The molecular weight excluding hydrogens is 384 g/mol. The van der Waals surface area contributed by atoms with Crippen LogP contribution < -0.4 is 10.7 Å². The highest BCUT2D eigenvalue weighted by molar-refractivity contribution is 6.30. The van der Waals surface area contributed by atoms with Crippen molar-refractivity contribution in [2.24, 2.45) is 5.10 Å². The molecule has 0 atom stereocenters. The summed E-state index contributed by atoms with van der Waals surface area (Å²) in [7, 11) is 0. The van der Waals surface area contributed by atoms with E-state index in [0.717, 1.165) is 12.8 Å². The van der Waals surface area contributed by atoms with Crippen molar-refractivity contribution < 1.29 is 14.1 Å². The lowest BCUT2D eigenvalue weighted by molar-refractivity contribution is -0.384. The lowest BCUT2D eigenvalue weighted by Gasteiger charge is -2.22. The van der Waals surface area contributed by atoms with E-state index in [1.807, 2.05) is 0 Å². The van der Waals surface area contributed by atoms with Crippen molar-refractivity contribution in [1.29, 1.82) is 0 Å².